The fraction of sp³-hybridized carbons (Fsp3) is 0.417. The van der Waals surface area contributed by atoms with Gasteiger partial charge in [0.05, 0.1) is 0 Å². The molecule has 0 radical (unpaired) electrons. The van der Waals surface area contributed by atoms with Gasteiger partial charge < -0.3 is 15.0 Å². The standard InChI is InChI=1S/C24H32N2O3/c1-6-12-25-24(28)20(5)26(15-21-9-7-8-17(2)13-21)23(27)16-29-22-11-10-18(3)19(4)14-22/h7-11,13-14,20H,6,12,15-16H2,1-5H3,(H,25,28)/t20-/m0/s1. The van der Waals surface area contributed by atoms with E-state index >= 15 is 0 Å². The fourth-order valence-electron chi connectivity index (χ4n) is 3.02. The lowest BCUT2D eigenvalue weighted by molar-refractivity contribution is -0.142. The van der Waals surface area contributed by atoms with E-state index in [-0.39, 0.29) is 18.4 Å². The van der Waals surface area contributed by atoms with Gasteiger partial charge in [0.15, 0.2) is 6.61 Å². The van der Waals surface area contributed by atoms with Crippen molar-refractivity contribution in [2.75, 3.05) is 13.2 Å². The molecule has 0 bridgehead atoms. The third kappa shape index (κ3) is 6.63. The van der Waals surface area contributed by atoms with Crippen molar-refractivity contribution in [3.63, 3.8) is 0 Å². The summed E-state index contributed by atoms with van der Waals surface area (Å²) >= 11 is 0. The summed E-state index contributed by atoms with van der Waals surface area (Å²) in [5.41, 5.74) is 4.38. The van der Waals surface area contributed by atoms with Gasteiger partial charge in [-0.15, -0.1) is 0 Å². The molecule has 2 aromatic carbocycles. The van der Waals surface area contributed by atoms with E-state index < -0.39 is 6.04 Å². The van der Waals surface area contributed by atoms with Crippen molar-refractivity contribution in [2.45, 2.75) is 53.6 Å². The smallest absolute Gasteiger partial charge is 0.261 e. The summed E-state index contributed by atoms with van der Waals surface area (Å²) in [5, 5.41) is 2.88. The first-order valence-corrected chi connectivity index (χ1v) is 10.1. The van der Waals surface area contributed by atoms with Crippen molar-refractivity contribution < 1.29 is 14.3 Å². The van der Waals surface area contributed by atoms with Gasteiger partial charge in [-0.05, 0) is 62.9 Å². The van der Waals surface area contributed by atoms with Crippen LogP contribution in [-0.2, 0) is 16.1 Å². The van der Waals surface area contributed by atoms with E-state index in [1.165, 1.54) is 5.56 Å². The molecule has 1 N–H and O–H groups in total. The Bertz CT molecular complexity index is 848. The van der Waals surface area contributed by atoms with Crippen LogP contribution in [-0.4, -0.2) is 35.9 Å². The second kappa shape index (κ2) is 10.6. The molecule has 0 unspecified atom stereocenters. The van der Waals surface area contributed by atoms with Crippen LogP contribution in [0.25, 0.3) is 0 Å². The molecule has 2 amide bonds. The number of aryl methyl sites for hydroxylation is 3. The maximum Gasteiger partial charge on any atom is 0.261 e. The van der Waals surface area contributed by atoms with Crippen molar-refractivity contribution in [1.82, 2.24) is 10.2 Å². The molecule has 5 nitrogen and oxygen atoms in total. The molecule has 0 heterocycles. The summed E-state index contributed by atoms with van der Waals surface area (Å²) in [7, 11) is 0. The molecule has 2 aromatic rings. The van der Waals surface area contributed by atoms with Gasteiger partial charge in [0.1, 0.15) is 11.8 Å². The molecule has 0 aliphatic heterocycles. The molecule has 0 aliphatic rings. The van der Waals surface area contributed by atoms with Crippen molar-refractivity contribution in [3.05, 3.63) is 64.7 Å². The normalized spacial score (nSPS) is 11.6. The van der Waals surface area contributed by atoms with Gasteiger partial charge in [-0.3, -0.25) is 9.59 Å². The van der Waals surface area contributed by atoms with Gasteiger partial charge >= 0.3 is 0 Å². The van der Waals surface area contributed by atoms with Crippen LogP contribution in [0.1, 0.15) is 42.5 Å². The van der Waals surface area contributed by atoms with Crippen LogP contribution < -0.4 is 10.1 Å². The number of nitrogens with zero attached hydrogens (tertiary/aromatic N) is 1. The average Bonchev–Trinajstić information content (AvgIpc) is 2.70. The SMILES string of the molecule is CCCNC(=O)[C@H](C)N(Cc1cccc(C)c1)C(=O)COc1ccc(C)c(C)c1. The highest BCUT2D eigenvalue weighted by Gasteiger charge is 2.26. The fourth-order valence-corrected chi connectivity index (χ4v) is 3.02. The highest BCUT2D eigenvalue weighted by Crippen LogP contribution is 2.17. The Labute approximate surface area is 174 Å². The van der Waals surface area contributed by atoms with Crippen LogP contribution in [0.15, 0.2) is 42.5 Å². The summed E-state index contributed by atoms with van der Waals surface area (Å²) in [6, 6.07) is 13.1. The number of amides is 2. The van der Waals surface area contributed by atoms with E-state index in [1.807, 2.05) is 70.2 Å². The average molecular weight is 397 g/mol. The molecule has 0 aromatic heterocycles. The predicted molar refractivity (Wildman–Crippen MR) is 116 cm³/mol. The second-order valence-electron chi connectivity index (χ2n) is 7.51. The zero-order valence-corrected chi connectivity index (χ0v) is 18.1. The summed E-state index contributed by atoms with van der Waals surface area (Å²) < 4.78 is 5.73. The Morgan fingerprint density at radius 1 is 1.07 bits per heavy atom. The number of benzene rings is 2. The Morgan fingerprint density at radius 2 is 1.83 bits per heavy atom. The molecule has 156 valence electrons. The first-order chi connectivity index (χ1) is 13.8. The van der Waals surface area contributed by atoms with E-state index in [0.29, 0.717) is 18.8 Å². The highest BCUT2D eigenvalue weighted by atomic mass is 16.5. The summed E-state index contributed by atoms with van der Waals surface area (Å²) in [5.74, 6) is 0.281. The van der Waals surface area contributed by atoms with Crippen LogP contribution in [0.4, 0.5) is 0 Å². The predicted octanol–water partition coefficient (Wildman–Crippen LogP) is 3.93. The molecule has 29 heavy (non-hydrogen) atoms. The number of ether oxygens (including phenoxy) is 1. The second-order valence-corrected chi connectivity index (χ2v) is 7.51. The molecule has 1 atom stereocenters. The third-order valence-electron chi connectivity index (χ3n) is 4.99. The topological polar surface area (TPSA) is 58.6 Å². The lowest BCUT2D eigenvalue weighted by atomic mass is 10.1. The molecule has 2 rings (SSSR count). The summed E-state index contributed by atoms with van der Waals surface area (Å²) in [6.07, 6.45) is 0.847. The minimum absolute atomic E-state index is 0.111. The molecule has 0 saturated heterocycles. The van der Waals surface area contributed by atoms with E-state index in [4.69, 9.17) is 4.74 Å². The van der Waals surface area contributed by atoms with Crippen molar-refractivity contribution in [3.8, 4) is 5.75 Å². The van der Waals surface area contributed by atoms with E-state index in [1.54, 1.807) is 11.8 Å². The first kappa shape index (κ1) is 22.5. The quantitative estimate of drug-likeness (QED) is 0.699. The van der Waals surface area contributed by atoms with Gasteiger partial charge in [-0.1, -0.05) is 42.8 Å². The monoisotopic (exact) mass is 396 g/mol. The summed E-state index contributed by atoms with van der Waals surface area (Å²) in [6.45, 7) is 10.6. The van der Waals surface area contributed by atoms with Gasteiger partial charge in [0.25, 0.3) is 5.91 Å². The highest BCUT2D eigenvalue weighted by molar-refractivity contribution is 5.87. The maximum atomic E-state index is 13.0. The van der Waals surface area contributed by atoms with Gasteiger partial charge in [-0.25, -0.2) is 0 Å². The molecular formula is C24H32N2O3. The number of nitrogens with one attached hydrogen (secondary N) is 1. The van der Waals surface area contributed by atoms with Crippen LogP contribution in [0.5, 0.6) is 5.75 Å². The molecule has 0 fully saturated rings. The molecular weight excluding hydrogens is 364 g/mol. The van der Waals surface area contributed by atoms with Crippen LogP contribution in [0, 0.1) is 20.8 Å². The Kier molecular flexibility index (Phi) is 8.25. The lowest BCUT2D eigenvalue weighted by Crippen LogP contribution is -2.49. The molecule has 0 spiro atoms. The number of carbonyl (C=O) groups is 2. The van der Waals surface area contributed by atoms with Gasteiger partial charge in [0.2, 0.25) is 5.91 Å². The van der Waals surface area contributed by atoms with Crippen molar-refractivity contribution in [1.29, 1.82) is 0 Å². The Balaban J connectivity index is 2.14. The van der Waals surface area contributed by atoms with Gasteiger partial charge in [0, 0.05) is 13.1 Å². The Morgan fingerprint density at radius 3 is 2.48 bits per heavy atom. The van der Waals surface area contributed by atoms with E-state index in [0.717, 1.165) is 23.1 Å². The number of carbonyl (C=O) groups excluding carboxylic acids is 2. The van der Waals surface area contributed by atoms with E-state index in [9.17, 15) is 9.59 Å². The third-order valence-corrected chi connectivity index (χ3v) is 4.99. The number of hydrogen-bond donors (Lipinski definition) is 1. The maximum absolute atomic E-state index is 13.0. The minimum Gasteiger partial charge on any atom is -0.484 e. The zero-order chi connectivity index (χ0) is 21.4. The van der Waals surface area contributed by atoms with Gasteiger partial charge in [-0.2, -0.15) is 0 Å². The minimum atomic E-state index is -0.585. The van der Waals surface area contributed by atoms with Crippen molar-refractivity contribution >= 4 is 11.8 Å². The lowest BCUT2D eigenvalue weighted by Gasteiger charge is -2.29. The molecule has 5 heteroatoms. The van der Waals surface area contributed by atoms with Crippen LogP contribution in [0.2, 0.25) is 0 Å². The Hall–Kier alpha value is -2.82. The molecule has 0 aliphatic carbocycles. The van der Waals surface area contributed by atoms with E-state index in [2.05, 4.69) is 5.32 Å². The van der Waals surface area contributed by atoms with Crippen LogP contribution in [0.3, 0.4) is 0 Å². The zero-order valence-electron chi connectivity index (χ0n) is 18.1. The van der Waals surface area contributed by atoms with Crippen molar-refractivity contribution in [2.24, 2.45) is 0 Å². The largest absolute Gasteiger partial charge is 0.484 e. The summed E-state index contributed by atoms with van der Waals surface area (Å²) in [4.78, 5) is 27.1. The van der Waals surface area contributed by atoms with Crippen LogP contribution >= 0.6 is 0 Å². The number of rotatable bonds is 9. The number of hydrogen-bond acceptors (Lipinski definition) is 3. The molecule has 0 saturated carbocycles. The first-order valence-electron chi connectivity index (χ1n) is 10.1.